The molecule has 0 aliphatic carbocycles. The topological polar surface area (TPSA) is 67.7 Å². The highest BCUT2D eigenvalue weighted by Crippen LogP contribution is 2.38. The average Bonchev–Trinajstić information content (AvgIpc) is 3.23. The van der Waals surface area contributed by atoms with Crippen molar-refractivity contribution >= 4 is 35.0 Å². The van der Waals surface area contributed by atoms with Crippen molar-refractivity contribution < 1.29 is 14.3 Å². The highest BCUT2D eigenvalue weighted by molar-refractivity contribution is 6.33. The van der Waals surface area contributed by atoms with E-state index >= 15 is 0 Å². The molecule has 2 aliphatic heterocycles. The lowest BCUT2D eigenvalue weighted by Gasteiger charge is -2.42. The highest BCUT2D eigenvalue weighted by Gasteiger charge is 2.40. The third-order valence-corrected chi connectivity index (χ3v) is 7.57. The van der Waals surface area contributed by atoms with Gasteiger partial charge in [0.1, 0.15) is 5.75 Å². The van der Waals surface area contributed by atoms with Crippen LogP contribution in [0.5, 0.6) is 5.75 Å². The van der Waals surface area contributed by atoms with Crippen LogP contribution in [-0.4, -0.2) is 64.2 Å². The molecule has 1 aromatic heterocycles. The quantitative estimate of drug-likeness (QED) is 0.473. The summed E-state index contributed by atoms with van der Waals surface area (Å²) in [5.74, 6) is 0.714. The van der Waals surface area contributed by atoms with Crippen LogP contribution in [0.1, 0.15) is 62.4 Å². The summed E-state index contributed by atoms with van der Waals surface area (Å²) in [6.07, 6.45) is 7.69. The number of hydrogen-bond donors (Lipinski definition) is 0. The third-order valence-electron chi connectivity index (χ3n) is 7.06. The minimum atomic E-state index is -0.348. The molecule has 0 spiro atoms. The minimum absolute atomic E-state index is 0.156. The molecule has 9 heteroatoms. The number of ether oxygens (including phenoxy) is 1. The molecule has 0 unspecified atom stereocenters. The minimum Gasteiger partial charge on any atom is -0.493 e. The average molecular weight is 521 g/mol. The lowest BCUT2D eigenvalue weighted by Crippen LogP contribution is -2.48. The van der Waals surface area contributed by atoms with Crippen LogP contribution in [0, 0.1) is 5.41 Å². The van der Waals surface area contributed by atoms with Crippen molar-refractivity contribution in [1.82, 2.24) is 19.6 Å². The molecule has 0 radical (unpaired) electrons. The molecule has 4 rings (SSSR count). The van der Waals surface area contributed by atoms with Crippen molar-refractivity contribution in [2.24, 2.45) is 5.41 Å². The molecule has 0 atom stereocenters. The zero-order valence-electron chi connectivity index (χ0n) is 20.3. The molecule has 2 saturated heterocycles. The highest BCUT2D eigenvalue weighted by atomic mass is 35.5. The molecule has 3 heterocycles. The van der Waals surface area contributed by atoms with Crippen LogP contribution in [0.25, 0.3) is 0 Å². The fourth-order valence-corrected chi connectivity index (χ4v) is 5.37. The normalized spacial score (nSPS) is 17.9. The second-order valence-electron chi connectivity index (χ2n) is 9.75. The van der Waals surface area contributed by atoms with Crippen LogP contribution in [0.15, 0.2) is 30.5 Å². The lowest BCUT2D eigenvalue weighted by molar-refractivity contribution is -0.136. The Kier molecular flexibility index (Phi) is 8.60. The fourth-order valence-electron chi connectivity index (χ4n) is 4.96. The Morgan fingerprint density at radius 2 is 1.80 bits per heavy atom. The van der Waals surface area contributed by atoms with E-state index in [1.54, 1.807) is 27.9 Å². The van der Waals surface area contributed by atoms with Gasteiger partial charge in [0.15, 0.2) is 5.69 Å². The van der Waals surface area contributed by atoms with Crippen molar-refractivity contribution in [1.29, 1.82) is 0 Å². The van der Waals surface area contributed by atoms with Crippen molar-refractivity contribution in [2.45, 2.75) is 58.4 Å². The molecule has 2 fully saturated rings. The number of carbonyl (C=O) groups excluding carboxylic acids is 2. The number of rotatable bonds is 8. The van der Waals surface area contributed by atoms with Gasteiger partial charge < -0.3 is 14.5 Å². The van der Waals surface area contributed by atoms with E-state index in [-0.39, 0.29) is 17.2 Å². The summed E-state index contributed by atoms with van der Waals surface area (Å²) >= 11 is 12.5. The number of halogens is 2. The number of aromatic nitrogens is 2. The summed E-state index contributed by atoms with van der Waals surface area (Å²) in [5.41, 5.74) is -0.0499. The number of benzene rings is 1. The number of likely N-dealkylation sites (tertiary alicyclic amines) is 2. The number of piperidine rings is 2. The van der Waals surface area contributed by atoms with Crippen LogP contribution in [0.4, 0.5) is 0 Å². The third kappa shape index (κ3) is 6.50. The van der Waals surface area contributed by atoms with E-state index in [4.69, 9.17) is 27.9 Å². The van der Waals surface area contributed by atoms with Gasteiger partial charge in [-0.1, -0.05) is 36.2 Å². The zero-order chi connectivity index (χ0) is 24.8. The first-order valence-electron chi connectivity index (χ1n) is 12.6. The van der Waals surface area contributed by atoms with Gasteiger partial charge in [0.25, 0.3) is 5.91 Å². The Morgan fingerprint density at radius 1 is 1.06 bits per heavy atom. The summed E-state index contributed by atoms with van der Waals surface area (Å²) in [6, 6.07) is 7.32. The Balaban J connectivity index is 1.45. The molecule has 190 valence electrons. The molecule has 0 N–H and O–H groups in total. The van der Waals surface area contributed by atoms with Gasteiger partial charge >= 0.3 is 0 Å². The van der Waals surface area contributed by atoms with Gasteiger partial charge in [-0.3, -0.25) is 14.3 Å². The van der Waals surface area contributed by atoms with Crippen LogP contribution >= 0.6 is 23.2 Å². The summed E-state index contributed by atoms with van der Waals surface area (Å²) in [6.45, 7) is 5.89. The van der Waals surface area contributed by atoms with E-state index in [2.05, 4.69) is 12.0 Å². The van der Waals surface area contributed by atoms with Crippen LogP contribution in [-0.2, 0) is 11.3 Å². The van der Waals surface area contributed by atoms with Crippen molar-refractivity contribution in [3.05, 3.63) is 46.2 Å². The molecule has 2 aliphatic rings. The van der Waals surface area contributed by atoms with E-state index in [1.165, 1.54) is 6.42 Å². The smallest absolute Gasteiger partial charge is 0.275 e. The molecule has 7 nitrogen and oxygen atoms in total. The first kappa shape index (κ1) is 25.8. The van der Waals surface area contributed by atoms with E-state index in [0.29, 0.717) is 60.4 Å². The van der Waals surface area contributed by atoms with E-state index in [9.17, 15) is 9.59 Å². The Bertz CT molecular complexity index is 1030. The zero-order valence-corrected chi connectivity index (χ0v) is 21.9. The van der Waals surface area contributed by atoms with Crippen molar-refractivity contribution in [3.8, 4) is 5.75 Å². The summed E-state index contributed by atoms with van der Waals surface area (Å²) in [5, 5.41) is 5.39. The Morgan fingerprint density at radius 3 is 2.49 bits per heavy atom. The van der Waals surface area contributed by atoms with Crippen molar-refractivity contribution in [3.63, 3.8) is 0 Å². The summed E-state index contributed by atoms with van der Waals surface area (Å²) in [7, 11) is 0. The summed E-state index contributed by atoms with van der Waals surface area (Å²) in [4.78, 5) is 30.2. The van der Waals surface area contributed by atoms with Gasteiger partial charge in [-0.15, -0.1) is 0 Å². The monoisotopic (exact) mass is 520 g/mol. The maximum atomic E-state index is 13.2. The van der Waals surface area contributed by atoms with Gasteiger partial charge in [-0.25, -0.2) is 0 Å². The molecular formula is C26H34Cl2N4O3. The van der Waals surface area contributed by atoms with Gasteiger partial charge in [0.2, 0.25) is 5.91 Å². The number of amides is 2. The predicted octanol–water partition coefficient (Wildman–Crippen LogP) is 5.30. The molecule has 0 bridgehead atoms. The fraction of sp³-hybridized carbons (Fsp3) is 0.577. The van der Waals surface area contributed by atoms with Gasteiger partial charge in [0, 0.05) is 55.8 Å². The van der Waals surface area contributed by atoms with E-state index < -0.39 is 0 Å². The van der Waals surface area contributed by atoms with Crippen LogP contribution in [0.3, 0.4) is 0 Å². The molecular weight excluding hydrogens is 487 g/mol. The number of nitrogens with zero attached hydrogens (tertiary/aromatic N) is 4. The molecule has 2 amide bonds. The SMILES string of the molecule is CCCn1cc(Cl)c(C(=O)N2CCC(COc3cccc(Cl)c3)(CC(=O)N3CCCCC3)CC2)n1. The van der Waals surface area contributed by atoms with Gasteiger partial charge in [0.05, 0.1) is 11.6 Å². The maximum absolute atomic E-state index is 13.2. The summed E-state index contributed by atoms with van der Waals surface area (Å²) < 4.78 is 7.87. The van der Waals surface area contributed by atoms with Crippen molar-refractivity contribution in [2.75, 3.05) is 32.8 Å². The number of hydrogen-bond acceptors (Lipinski definition) is 4. The Labute approximate surface area is 217 Å². The standard InChI is InChI=1S/C26H34Cl2N4O3/c1-2-11-32-18-22(28)24(29-32)25(34)31-14-9-26(10-15-31,17-23(33)30-12-4-3-5-13-30)19-35-21-8-6-7-20(27)16-21/h6-8,16,18H,2-5,9-15,17,19H2,1H3. The molecule has 35 heavy (non-hydrogen) atoms. The van der Waals surface area contributed by atoms with Gasteiger partial charge in [-0.2, -0.15) is 5.10 Å². The van der Waals surface area contributed by atoms with E-state index in [1.807, 2.05) is 17.0 Å². The van der Waals surface area contributed by atoms with Crippen LogP contribution in [0.2, 0.25) is 10.0 Å². The second-order valence-corrected chi connectivity index (χ2v) is 10.6. The van der Waals surface area contributed by atoms with Crippen LogP contribution < -0.4 is 4.74 Å². The van der Waals surface area contributed by atoms with Gasteiger partial charge in [-0.05, 0) is 56.7 Å². The number of aryl methyl sites for hydroxylation is 1. The Hall–Kier alpha value is -2.25. The lowest BCUT2D eigenvalue weighted by atomic mass is 9.75. The molecule has 2 aromatic rings. The maximum Gasteiger partial charge on any atom is 0.275 e. The second kappa shape index (κ2) is 11.7. The molecule has 0 saturated carbocycles. The first-order valence-corrected chi connectivity index (χ1v) is 13.3. The van der Waals surface area contributed by atoms with E-state index in [0.717, 1.165) is 38.9 Å². The first-order chi connectivity index (χ1) is 16.9. The number of carbonyl (C=O) groups is 2. The molecule has 1 aromatic carbocycles. The largest absolute Gasteiger partial charge is 0.493 e. The predicted molar refractivity (Wildman–Crippen MR) is 137 cm³/mol.